The van der Waals surface area contributed by atoms with E-state index in [4.69, 9.17) is 32.7 Å². The number of nitrogens with one attached hydrogen (secondary N) is 2. The predicted octanol–water partition coefficient (Wildman–Crippen LogP) is 4.90. The predicted molar refractivity (Wildman–Crippen MR) is 115 cm³/mol. The average molecular weight is 555 g/mol. The Hall–Kier alpha value is -1.48. The summed E-state index contributed by atoms with van der Waals surface area (Å²) >= 11 is 18.5. The highest BCUT2D eigenvalue weighted by Gasteiger charge is 2.08. The SMILES string of the molecule is O=C(CCCOc1ccc(Cl)cc1Cl)NNC(=O)COc1ccc(Br)cc1Br. The van der Waals surface area contributed by atoms with Gasteiger partial charge in [-0.2, -0.15) is 0 Å². The first-order valence-electron chi connectivity index (χ1n) is 8.08. The molecule has 0 radical (unpaired) electrons. The van der Waals surface area contributed by atoms with Crippen LogP contribution in [0.1, 0.15) is 12.8 Å². The van der Waals surface area contributed by atoms with Crippen LogP contribution in [-0.2, 0) is 9.59 Å². The molecule has 2 amide bonds. The Bertz CT molecular complexity index is 852. The topological polar surface area (TPSA) is 76.7 Å². The quantitative estimate of drug-likeness (QED) is 0.359. The third-order valence-corrected chi connectivity index (χ3v) is 4.94. The minimum atomic E-state index is -0.479. The van der Waals surface area contributed by atoms with Crippen molar-refractivity contribution in [3.63, 3.8) is 0 Å². The van der Waals surface area contributed by atoms with Gasteiger partial charge in [-0.15, -0.1) is 0 Å². The molecule has 2 rings (SSSR count). The number of hydrazine groups is 1. The van der Waals surface area contributed by atoms with E-state index < -0.39 is 5.91 Å². The van der Waals surface area contributed by atoms with Crippen LogP contribution in [0.2, 0.25) is 10.0 Å². The van der Waals surface area contributed by atoms with Gasteiger partial charge in [0.15, 0.2) is 6.61 Å². The molecule has 0 saturated heterocycles. The van der Waals surface area contributed by atoms with Crippen LogP contribution >= 0.6 is 55.1 Å². The third kappa shape index (κ3) is 7.87. The van der Waals surface area contributed by atoms with Crippen LogP contribution < -0.4 is 20.3 Å². The summed E-state index contributed by atoms with van der Waals surface area (Å²) in [6.45, 7) is 0.0577. The smallest absolute Gasteiger partial charge is 0.276 e. The summed E-state index contributed by atoms with van der Waals surface area (Å²) < 4.78 is 12.5. The summed E-state index contributed by atoms with van der Waals surface area (Å²) in [5.41, 5.74) is 4.62. The number of amides is 2. The Kier molecular flexibility index (Phi) is 9.37. The highest BCUT2D eigenvalue weighted by Crippen LogP contribution is 2.28. The lowest BCUT2D eigenvalue weighted by Crippen LogP contribution is -2.43. The number of rotatable bonds is 8. The third-order valence-electron chi connectivity index (χ3n) is 3.29. The molecule has 0 saturated carbocycles. The van der Waals surface area contributed by atoms with E-state index in [2.05, 4.69) is 42.7 Å². The molecule has 10 heteroatoms. The summed E-state index contributed by atoms with van der Waals surface area (Å²) in [5, 5.41) is 0.922. The van der Waals surface area contributed by atoms with E-state index in [1.807, 2.05) is 0 Å². The van der Waals surface area contributed by atoms with Crippen LogP contribution in [0.4, 0.5) is 0 Å². The molecular weight excluding hydrogens is 539 g/mol. The van der Waals surface area contributed by atoms with Crippen LogP contribution in [0.5, 0.6) is 11.5 Å². The van der Waals surface area contributed by atoms with E-state index in [-0.39, 0.29) is 18.9 Å². The molecule has 0 fully saturated rings. The molecule has 2 N–H and O–H groups in total. The molecule has 0 heterocycles. The van der Waals surface area contributed by atoms with Gasteiger partial charge < -0.3 is 9.47 Å². The molecule has 0 aliphatic carbocycles. The number of carbonyl (C=O) groups excluding carboxylic acids is 2. The number of carbonyl (C=O) groups is 2. The van der Waals surface area contributed by atoms with Crippen molar-refractivity contribution in [1.29, 1.82) is 0 Å². The second-order valence-electron chi connectivity index (χ2n) is 5.49. The first-order valence-corrected chi connectivity index (χ1v) is 10.4. The maximum Gasteiger partial charge on any atom is 0.276 e. The van der Waals surface area contributed by atoms with Crippen molar-refractivity contribution in [2.75, 3.05) is 13.2 Å². The molecule has 0 bridgehead atoms. The minimum absolute atomic E-state index is 0.171. The zero-order chi connectivity index (χ0) is 20.5. The number of halogens is 4. The number of hydrogen-bond acceptors (Lipinski definition) is 4. The van der Waals surface area contributed by atoms with E-state index in [9.17, 15) is 9.59 Å². The highest BCUT2D eigenvalue weighted by atomic mass is 79.9. The van der Waals surface area contributed by atoms with Gasteiger partial charge in [-0.1, -0.05) is 39.1 Å². The van der Waals surface area contributed by atoms with Crippen molar-refractivity contribution >= 4 is 66.9 Å². The fourth-order valence-electron chi connectivity index (χ4n) is 1.98. The minimum Gasteiger partial charge on any atom is -0.492 e. The molecular formula is C18H16Br2Cl2N2O4. The molecule has 0 atom stereocenters. The van der Waals surface area contributed by atoms with Gasteiger partial charge in [0.05, 0.1) is 16.1 Å². The monoisotopic (exact) mass is 552 g/mol. The molecule has 0 spiro atoms. The molecule has 150 valence electrons. The summed E-state index contributed by atoms with van der Waals surface area (Å²) in [4.78, 5) is 23.5. The average Bonchev–Trinajstić information content (AvgIpc) is 2.64. The van der Waals surface area contributed by atoms with Crippen molar-refractivity contribution in [2.24, 2.45) is 0 Å². The van der Waals surface area contributed by atoms with Gasteiger partial charge in [-0.05, 0) is 58.7 Å². The lowest BCUT2D eigenvalue weighted by atomic mass is 10.3. The molecule has 0 aliphatic heterocycles. The van der Waals surface area contributed by atoms with Crippen molar-refractivity contribution in [1.82, 2.24) is 10.9 Å². The van der Waals surface area contributed by atoms with E-state index in [0.717, 1.165) is 4.47 Å². The molecule has 28 heavy (non-hydrogen) atoms. The lowest BCUT2D eigenvalue weighted by Gasteiger charge is -2.10. The largest absolute Gasteiger partial charge is 0.492 e. The first kappa shape index (κ1) is 22.8. The Morgan fingerprint density at radius 1 is 0.929 bits per heavy atom. The Morgan fingerprint density at radius 3 is 2.36 bits per heavy atom. The number of ether oxygens (including phenoxy) is 2. The second-order valence-corrected chi connectivity index (χ2v) is 8.10. The lowest BCUT2D eigenvalue weighted by molar-refractivity contribution is -0.130. The van der Waals surface area contributed by atoms with Crippen LogP contribution in [-0.4, -0.2) is 25.0 Å². The van der Waals surface area contributed by atoms with Gasteiger partial charge in [0.2, 0.25) is 5.91 Å². The van der Waals surface area contributed by atoms with Crippen molar-refractivity contribution in [2.45, 2.75) is 12.8 Å². The fourth-order valence-corrected chi connectivity index (χ4v) is 3.61. The molecule has 6 nitrogen and oxygen atoms in total. The van der Waals surface area contributed by atoms with E-state index in [1.54, 1.807) is 36.4 Å². The van der Waals surface area contributed by atoms with Crippen molar-refractivity contribution in [3.8, 4) is 11.5 Å². The van der Waals surface area contributed by atoms with Crippen LogP contribution in [0, 0.1) is 0 Å². The van der Waals surface area contributed by atoms with Crippen LogP contribution in [0.3, 0.4) is 0 Å². The normalized spacial score (nSPS) is 10.3. The Morgan fingerprint density at radius 2 is 1.64 bits per heavy atom. The zero-order valence-corrected chi connectivity index (χ0v) is 19.1. The molecule has 0 unspecified atom stereocenters. The van der Waals surface area contributed by atoms with Crippen LogP contribution in [0.25, 0.3) is 0 Å². The summed E-state index contributed by atoms with van der Waals surface area (Å²) in [7, 11) is 0. The summed E-state index contributed by atoms with van der Waals surface area (Å²) in [5.74, 6) is 0.190. The number of hydrogen-bond donors (Lipinski definition) is 2. The van der Waals surface area contributed by atoms with Gasteiger partial charge in [0.25, 0.3) is 5.91 Å². The van der Waals surface area contributed by atoms with Gasteiger partial charge in [-0.3, -0.25) is 20.4 Å². The molecule has 0 aromatic heterocycles. The van der Waals surface area contributed by atoms with Gasteiger partial charge in [-0.25, -0.2) is 0 Å². The first-order chi connectivity index (χ1) is 13.3. The van der Waals surface area contributed by atoms with Gasteiger partial charge in [0, 0.05) is 15.9 Å². The van der Waals surface area contributed by atoms with Gasteiger partial charge in [0.1, 0.15) is 11.5 Å². The second kappa shape index (κ2) is 11.5. The number of benzene rings is 2. The fraction of sp³-hybridized carbons (Fsp3) is 0.222. The van der Waals surface area contributed by atoms with Gasteiger partial charge >= 0.3 is 0 Å². The maximum absolute atomic E-state index is 11.8. The van der Waals surface area contributed by atoms with E-state index in [0.29, 0.717) is 39.0 Å². The molecule has 2 aromatic rings. The Balaban J connectivity index is 1.61. The highest BCUT2D eigenvalue weighted by molar-refractivity contribution is 9.11. The van der Waals surface area contributed by atoms with Crippen LogP contribution in [0.15, 0.2) is 45.3 Å². The standard InChI is InChI=1S/C18H16Br2Cl2N2O4/c19-11-3-5-15(13(20)8-11)28-10-18(26)24-23-17(25)2-1-7-27-16-6-4-12(21)9-14(16)22/h3-6,8-9H,1-2,7,10H2,(H,23,25)(H,24,26). The van der Waals surface area contributed by atoms with E-state index in [1.165, 1.54) is 0 Å². The molecule has 2 aromatic carbocycles. The summed E-state index contributed by atoms with van der Waals surface area (Å²) in [6, 6.07) is 10.2. The maximum atomic E-state index is 11.8. The van der Waals surface area contributed by atoms with E-state index >= 15 is 0 Å². The summed E-state index contributed by atoms with van der Waals surface area (Å²) in [6.07, 6.45) is 0.619. The van der Waals surface area contributed by atoms with Crippen molar-refractivity contribution < 1.29 is 19.1 Å². The van der Waals surface area contributed by atoms with Crippen molar-refractivity contribution in [3.05, 3.63) is 55.4 Å². The Labute approximate surface area is 189 Å². The zero-order valence-electron chi connectivity index (χ0n) is 14.4. The molecule has 0 aliphatic rings.